The van der Waals surface area contributed by atoms with Gasteiger partial charge in [0.25, 0.3) is 0 Å². The third kappa shape index (κ3) is 8.08. The molecule has 0 saturated carbocycles. The van der Waals surface area contributed by atoms with Crippen molar-refractivity contribution in [2.45, 2.75) is 0 Å². The summed E-state index contributed by atoms with van der Waals surface area (Å²) in [7, 11) is -3.55. The van der Waals surface area contributed by atoms with Crippen molar-refractivity contribution in [1.82, 2.24) is 25.8 Å². The van der Waals surface area contributed by atoms with Crippen molar-refractivity contribution in [1.29, 1.82) is 0 Å². The Kier molecular flexibility index (Phi) is 9.10. The molecular formula is C15H20BrFN8O5S. The maximum atomic E-state index is 13.4. The second-order valence-electron chi connectivity index (χ2n) is 5.81. The smallest absolute Gasteiger partial charge is 0.232 e. The Hall–Kier alpha value is -2.82. The van der Waals surface area contributed by atoms with Crippen LogP contribution in [-0.2, 0) is 10.0 Å². The van der Waals surface area contributed by atoms with Crippen molar-refractivity contribution < 1.29 is 27.8 Å². The van der Waals surface area contributed by atoms with E-state index in [4.69, 9.17) is 5.11 Å². The maximum absolute atomic E-state index is 13.4. The highest BCUT2D eigenvalue weighted by molar-refractivity contribution is 9.10. The minimum atomic E-state index is -3.55. The zero-order chi connectivity index (χ0) is 22.9. The Morgan fingerprint density at radius 1 is 1.32 bits per heavy atom. The number of aliphatic hydroxyl groups is 1. The van der Waals surface area contributed by atoms with Crippen molar-refractivity contribution in [2.75, 3.05) is 37.8 Å². The summed E-state index contributed by atoms with van der Waals surface area (Å²) >= 11 is 3.05. The van der Waals surface area contributed by atoms with Crippen LogP contribution in [0.5, 0.6) is 0 Å². The third-order valence-corrected chi connectivity index (χ3v) is 4.50. The Labute approximate surface area is 185 Å². The lowest BCUT2D eigenvalue weighted by Gasteiger charge is -2.11. The Morgan fingerprint density at radius 2 is 2.10 bits per heavy atom. The summed E-state index contributed by atoms with van der Waals surface area (Å²) < 4.78 is 43.2. The van der Waals surface area contributed by atoms with E-state index >= 15 is 0 Å². The van der Waals surface area contributed by atoms with Crippen LogP contribution in [0.3, 0.4) is 0 Å². The monoisotopic (exact) mass is 522 g/mol. The van der Waals surface area contributed by atoms with Crippen LogP contribution >= 0.6 is 15.9 Å². The summed E-state index contributed by atoms with van der Waals surface area (Å²) in [4.78, 5) is 8.01. The topological polar surface area (TPSA) is 186 Å². The molecule has 0 aliphatic heterocycles. The number of rotatable bonds is 9. The van der Waals surface area contributed by atoms with Gasteiger partial charge in [0.1, 0.15) is 5.82 Å². The molecule has 0 spiro atoms. The highest BCUT2D eigenvalue weighted by Crippen LogP contribution is 2.23. The van der Waals surface area contributed by atoms with Gasteiger partial charge >= 0.3 is 0 Å². The van der Waals surface area contributed by atoms with Gasteiger partial charge in [-0.3, -0.25) is 20.4 Å². The van der Waals surface area contributed by atoms with Crippen LogP contribution in [0.4, 0.5) is 15.9 Å². The van der Waals surface area contributed by atoms with Crippen molar-refractivity contribution in [3.05, 3.63) is 34.2 Å². The van der Waals surface area contributed by atoms with Gasteiger partial charge in [0, 0.05) is 13.1 Å². The van der Waals surface area contributed by atoms with E-state index < -0.39 is 15.8 Å². The van der Waals surface area contributed by atoms with Crippen LogP contribution in [0.15, 0.2) is 37.3 Å². The van der Waals surface area contributed by atoms with E-state index in [1.165, 1.54) is 18.2 Å². The van der Waals surface area contributed by atoms with Gasteiger partial charge in [-0.1, -0.05) is 0 Å². The summed E-state index contributed by atoms with van der Waals surface area (Å²) in [5.41, 5.74) is 2.25. The van der Waals surface area contributed by atoms with E-state index in [0.717, 1.165) is 6.26 Å². The Balaban J connectivity index is 2.04. The predicted octanol–water partition coefficient (Wildman–Crippen LogP) is -0.0727. The second kappa shape index (κ2) is 11.5. The SMILES string of the molecule is CS(=O)(=O)NC(=NCCO)NCCNc1nonc1C(=Nc1ccc(F)c(Br)c1)NO. The maximum Gasteiger partial charge on any atom is 0.232 e. The average Bonchev–Trinajstić information content (AvgIpc) is 3.17. The number of nitrogens with zero attached hydrogens (tertiary/aromatic N) is 4. The van der Waals surface area contributed by atoms with Gasteiger partial charge in [-0.15, -0.1) is 0 Å². The number of benzene rings is 1. The van der Waals surface area contributed by atoms with Crippen molar-refractivity contribution >= 4 is 49.3 Å². The highest BCUT2D eigenvalue weighted by atomic mass is 79.9. The summed E-state index contributed by atoms with van der Waals surface area (Å²) in [6.07, 6.45) is 0.969. The zero-order valence-electron chi connectivity index (χ0n) is 16.1. The van der Waals surface area contributed by atoms with E-state index in [1.807, 2.05) is 5.48 Å². The van der Waals surface area contributed by atoms with Crippen LogP contribution in [0.1, 0.15) is 5.69 Å². The molecule has 170 valence electrons. The van der Waals surface area contributed by atoms with Crippen LogP contribution < -0.4 is 20.8 Å². The first-order valence-electron chi connectivity index (χ1n) is 8.61. The van der Waals surface area contributed by atoms with E-state index in [9.17, 15) is 18.0 Å². The predicted molar refractivity (Wildman–Crippen MR) is 113 cm³/mol. The van der Waals surface area contributed by atoms with Crippen LogP contribution in [0, 0.1) is 5.82 Å². The normalized spacial score (nSPS) is 12.5. The molecule has 0 fully saturated rings. The fourth-order valence-corrected chi connectivity index (χ4v) is 2.95. The number of hydrogen-bond acceptors (Lipinski definition) is 10. The number of aliphatic imine (C=N–C) groups is 2. The first kappa shape index (κ1) is 24.4. The molecule has 0 unspecified atom stereocenters. The van der Waals surface area contributed by atoms with Gasteiger partial charge < -0.3 is 15.7 Å². The molecule has 2 rings (SSSR count). The van der Waals surface area contributed by atoms with Gasteiger partial charge in [-0.05, 0) is 44.4 Å². The molecule has 16 heteroatoms. The molecule has 0 atom stereocenters. The summed E-state index contributed by atoms with van der Waals surface area (Å²) in [6, 6.07) is 3.99. The molecule has 1 aromatic carbocycles. The standard InChI is InChI=1S/C15H20BrFN8O5S/c1-31(28,29)25-15(20-6-7-26)19-5-4-18-13-12(23-30-24-13)14(22-27)21-9-2-3-11(17)10(16)8-9/h2-3,8,26-27H,4-7H2,1H3,(H,18,24)(H,21,22)(H2,19,20,25). The first-order valence-corrected chi connectivity index (χ1v) is 11.3. The molecule has 6 N–H and O–H groups in total. The Bertz CT molecular complexity index is 1050. The van der Waals surface area contributed by atoms with Crippen molar-refractivity contribution in [3.8, 4) is 0 Å². The zero-order valence-corrected chi connectivity index (χ0v) is 18.5. The number of hydrogen-bond donors (Lipinski definition) is 6. The van der Waals surface area contributed by atoms with E-state index in [-0.39, 0.29) is 54.0 Å². The molecule has 31 heavy (non-hydrogen) atoms. The summed E-state index contributed by atoms with van der Waals surface area (Å²) in [5, 5.41) is 31.3. The lowest BCUT2D eigenvalue weighted by atomic mass is 10.3. The van der Waals surface area contributed by atoms with Crippen LogP contribution in [0.2, 0.25) is 0 Å². The summed E-state index contributed by atoms with van der Waals surface area (Å²) in [5.74, 6) is -0.479. The fraction of sp³-hybridized carbons (Fsp3) is 0.333. The third-order valence-electron chi connectivity index (χ3n) is 3.32. The molecule has 0 aliphatic rings. The molecule has 1 aromatic heterocycles. The quantitative estimate of drug-likeness (QED) is 0.112. The van der Waals surface area contributed by atoms with Gasteiger partial charge in [-0.2, -0.15) is 0 Å². The number of nitrogens with one attached hydrogen (secondary N) is 4. The number of amidine groups is 1. The van der Waals surface area contributed by atoms with Crippen LogP contribution in [0.25, 0.3) is 0 Å². The van der Waals surface area contributed by atoms with Gasteiger partial charge in [0.05, 0.1) is 29.6 Å². The van der Waals surface area contributed by atoms with Crippen LogP contribution in [-0.4, -0.2) is 73.3 Å². The Morgan fingerprint density at radius 3 is 2.74 bits per heavy atom. The molecule has 0 radical (unpaired) electrons. The number of aliphatic hydroxyl groups excluding tert-OH is 1. The molecular weight excluding hydrogens is 503 g/mol. The van der Waals surface area contributed by atoms with Crippen molar-refractivity contribution in [3.63, 3.8) is 0 Å². The molecule has 0 bridgehead atoms. The molecule has 13 nitrogen and oxygen atoms in total. The second-order valence-corrected chi connectivity index (χ2v) is 8.42. The van der Waals surface area contributed by atoms with E-state index in [1.54, 1.807) is 0 Å². The lowest BCUT2D eigenvalue weighted by molar-refractivity contribution is 0.234. The number of sulfonamides is 1. The van der Waals surface area contributed by atoms with E-state index in [2.05, 4.69) is 56.2 Å². The fourth-order valence-electron chi connectivity index (χ4n) is 2.10. The van der Waals surface area contributed by atoms with E-state index in [0.29, 0.717) is 5.69 Å². The number of aromatic nitrogens is 2. The largest absolute Gasteiger partial charge is 0.394 e. The molecule has 1 heterocycles. The molecule has 2 aromatic rings. The van der Waals surface area contributed by atoms with Crippen molar-refractivity contribution in [2.24, 2.45) is 9.98 Å². The molecule has 0 amide bonds. The minimum Gasteiger partial charge on any atom is -0.394 e. The number of halogens is 2. The highest BCUT2D eigenvalue weighted by Gasteiger charge is 2.16. The minimum absolute atomic E-state index is 0.0110. The molecule has 0 aliphatic carbocycles. The number of anilines is 1. The first-order chi connectivity index (χ1) is 14.7. The van der Waals surface area contributed by atoms with Gasteiger partial charge in [-0.25, -0.2) is 22.4 Å². The van der Waals surface area contributed by atoms with Gasteiger partial charge in [0.2, 0.25) is 21.8 Å². The van der Waals surface area contributed by atoms with Gasteiger partial charge in [0.15, 0.2) is 11.5 Å². The average molecular weight is 523 g/mol. The number of guanidine groups is 1. The molecule has 0 saturated heterocycles. The lowest BCUT2D eigenvalue weighted by Crippen LogP contribution is -2.42. The summed E-state index contributed by atoms with van der Waals surface area (Å²) in [6.45, 7) is 0.176. The number of hydroxylamine groups is 1.